The first-order valence-electron chi connectivity index (χ1n) is 10.00. The lowest BCUT2D eigenvalue weighted by Gasteiger charge is -2.42. The topological polar surface area (TPSA) is 72.1 Å². The quantitative estimate of drug-likeness (QED) is 0.596. The molecule has 3 heterocycles. The molecule has 0 saturated carbocycles. The normalized spacial score (nSPS) is 16.0. The van der Waals surface area contributed by atoms with E-state index < -0.39 is 6.04 Å². The van der Waals surface area contributed by atoms with Gasteiger partial charge in [0.25, 0.3) is 0 Å². The van der Waals surface area contributed by atoms with E-state index in [2.05, 4.69) is 34.6 Å². The fourth-order valence-corrected chi connectivity index (χ4v) is 4.95. The minimum absolute atomic E-state index is 0. The largest absolute Gasteiger partial charge is 0.341 e. The van der Waals surface area contributed by atoms with Crippen molar-refractivity contribution in [1.29, 1.82) is 0 Å². The van der Waals surface area contributed by atoms with Gasteiger partial charge >= 0.3 is 0 Å². The lowest BCUT2D eigenvalue weighted by atomic mass is 9.70. The summed E-state index contributed by atoms with van der Waals surface area (Å²) in [6, 6.07) is 13.9. The molecule has 0 spiro atoms. The van der Waals surface area contributed by atoms with E-state index in [0.29, 0.717) is 19.5 Å². The van der Waals surface area contributed by atoms with Crippen LogP contribution in [0.15, 0.2) is 60.2 Å². The van der Waals surface area contributed by atoms with Crippen molar-refractivity contribution in [2.24, 2.45) is 5.73 Å². The number of nitrogens with zero attached hydrogens (tertiary/aromatic N) is 3. The number of aryl methyl sites for hydroxylation is 1. The maximum Gasteiger partial charge on any atom is 0.239 e. The molecule has 8 heteroatoms. The first-order chi connectivity index (χ1) is 14.1. The van der Waals surface area contributed by atoms with E-state index in [1.165, 1.54) is 5.56 Å². The van der Waals surface area contributed by atoms with Crippen LogP contribution in [0.1, 0.15) is 34.7 Å². The summed E-state index contributed by atoms with van der Waals surface area (Å²) >= 11 is 1.69. The van der Waals surface area contributed by atoms with Crippen LogP contribution in [0.3, 0.4) is 0 Å². The van der Waals surface area contributed by atoms with Crippen LogP contribution in [0.4, 0.5) is 0 Å². The molecular formula is C23H28Cl2N4OS. The predicted octanol–water partition coefficient (Wildman–Crippen LogP) is 4.17. The summed E-state index contributed by atoms with van der Waals surface area (Å²) in [5.41, 5.74) is 9.55. The van der Waals surface area contributed by atoms with Gasteiger partial charge in [-0.3, -0.25) is 9.78 Å². The van der Waals surface area contributed by atoms with Gasteiger partial charge in [0, 0.05) is 36.3 Å². The van der Waals surface area contributed by atoms with Crippen molar-refractivity contribution in [3.8, 4) is 0 Å². The molecule has 0 bridgehead atoms. The van der Waals surface area contributed by atoms with Gasteiger partial charge in [-0.1, -0.05) is 30.3 Å². The summed E-state index contributed by atoms with van der Waals surface area (Å²) in [5.74, 6) is 0.0259. The smallest absolute Gasteiger partial charge is 0.239 e. The van der Waals surface area contributed by atoms with Crippen LogP contribution < -0.4 is 5.73 Å². The number of benzene rings is 1. The molecule has 4 rings (SSSR count). The number of nitrogens with two attached hydrogens (primary N) is 1. The molecule has 0 unspecified atom stereocenters. The van der Waals surface area contributed by atoms with E-state index in [1.54, 1.807) is 23.7 Å². The second-order valence-corrected chi connectivity index (χ2v) is 8.75. The first kappa shape index (κ1) is 25.3. The van der Waals surface area contributed by atoms with E-state index in [0.717, 1.165) is 29.1 Å². The molecule has 1 fully saturated rings. The Hall–Kier alpha value is -1.99. The van der Waals surface area contributed by atoms with E-state index in [1.807, 2.05) is 30.0 Å². The summed E-state index contributed by atoms with van der Waals surface area (Å²) in [5, 5.41) is 3.25. The molecule has 1 aliphatic heterocycles. The summed E-state index contributed by atoms with van der Waals surface area (Å²) in [7, 11) is 0. The van der Waals surface area contributed by atoms with Gasteiger partial charge in [-0.25, -0.2) is 4.98 Å². The summed E-state index contributed by atoms with van der Waals surface area (Å²) in [4.78, 5) is 23.7. The number of carbonyl (C=O) groups excluding carboxylic acids is 1. The Bertz CT molecular complexity index is 960. The minimum Gasteiger partial charge on any atom is -0.341 e. The second-order valence-electron chi connectivity index (χ2n) is 7.69. The van der Waals surface area contributed by atoms with Crippen LogP contribution in [0.5, 0.6) is 0 Å². The van der Waals surface area contributed by atoms with E-state index in [4.69, 9.17) is 10.7 Å². The first-order valence-corrected chi connectivity index (χ1v) is 10.9. The third-order valence-electron chi connectivity index (χ3n) is 5.89. The lowest BCUT2D eigenvalue weighted by Crippen LogP contribution is -2.51. The molecule has 5 nitrogen and oxygen atoms in total. The molecule has 3 aromatic rings. The average Bonchev–Trinajstić information content (AvgIpc) is 3.21. The number of piperidine rings is 1. The zero-order valence-electron chi connectivity index (χ0n) is 17.4. The number of thiazole rings is 1. The Morgan fingerprint density at radius 3 is 2.35 bits per heavy atom. The Morgan fingerprint density at radius 1 is 1.13 bits per heavy atom. The molecule has 0 radical (unpaired) electrons. The molecule has 1 aromatic carbocycles. The maximum absolute atomic E-state index is 13.0. The van der Waals surface area contributed by atoms with E-state index in [9.17, 15) is 4.79 Å². The van der Waals surface area contributed by atoms with Gasteiger partial charge in [0.2, 0.25) is 5.91 Å². The number of pyridine rings is 1. The van der Waals surface area contributed by atoms with Gasteiger partial charge in [0.15, 0.2) is 0 Å². The Morgan fingerprint density at radius 2 is 1.77 bits per heavy atom. The van der Waals surface area contributed by atoms with Crippen molar-refractivity contribution < 1.29 is 4.79 Å². The van der Waals surface area contributed by atoms with Gasteiger partial charge in [0.05, 0.1) is 16.7 Å². The van der Waals surface area contributed by atoms with E-state index >= 15 is 0 Å². The minimum atomic E-state index is -0.525. The number of likely N-dealkylation sites (tertiary alicyclic amines) is 1. The molecular weight excluding hydrogens is 451 g/mol. The molecule has 0 aliphatic carbocycles. The molecule has 1 atom stereocenters. The molecule has 166 valence electrons. The standard InChI is InChI=1S/C23H26N4OS.2ClH/c1-17-26-21(16-29-17)23(19-5-3-2-4-6-19)9-13-27(14-10-23)22(28)20(24)15-18-7-11-25-12-8-18;;/h2-8,11-12,16,20H,9-10,13-15,24H2,1H3;2*1H/t20-;;/m1../s1. The lowest BCUT2D eigenvalue weighted by molar-refractivity contribution is -0.134. The number of rotatable bonds is 5. The van der Waals surface area contributed by atoms with Crippen LogP contribution >= 0.6 is 36.2 Å². The van der Waals surface area contributed by atoms with Gasteiger partial charge < -0.3 is 10.6 Å². The number of hydrogen-bond donors (Lipinski definition) is 1. The maximum atomic E-state index is 13.0. The number of hydrogen-bond acceptors (Lipinski definition) is 5. The van der Waals surface area contributed by atoms with Crippen LogP contribution in [0, 0.1) is 6.92 Å². The Kier molecular flexibility index (Phi) is 9.01. The highest BCUT2D eigenvalue weighted by Gasteiger charge is 2.41. The van der Waals surface area contributed by atoms with Crippen molar-refractivity contribution in [2.75, 3.05) is 13.1 Å². The van der Waals surface area contributed by atoms with E-state index in [-0.39, 0.29) is 36.1 Å². The predicted molar refractivity (Wildman–Crippen MR) is 130 cm³/mol. The summed E-state index contributed by atoms with van der Waals surface area (Å²) in [6.45, 7) is 3.42. The molecule has 2 N–H and O–H groups in total. The van der Waals surface area contributed by atoms with Crippen molar-refractivity contribution in [3.63, 3.8) is 0 Å². The summed E-state index contributed by atoms with van der Waals surface area (Å²) < 4.78 is 0. The van der Waals surface area contributed by atoms with Gasteiger partial charge in [-0.2, -0.15) is 0 Å². The van der Waals surface area contributed by atoms with Crippen LogP contribution in [-0.2, 0) is 16.6 Å². The average molecular weight is 479 g/mol. The van der Waals surface area contributed by atoms with Crippen molar-refractivity contribution in [1.82, 2.24) is 14.9 Å². The fraction of sp³-hybridized carbons (Fsp3) is 0.348. The highest BCUT2D eigenvalue weighted by Crippen LogP contribution is 2.42. The third kappa shape index (κ3) is 5.44. The van der Waals surface area contributed by atoms with Crippen molar-refractivity contribution in [2.45, 2.75) is 37.6 Å². The van der Waals surface area contributed by atoms with Gasteiger partial charge in [0.1, 0.15) is 0 Å². The highest BCUT2D eigenvalue weighted by molar-refractivity contribution is 7.09. The van der Waals surface area contributed by atoms with Crippen LogP contribution in [0.25, 0.3) is 0 Å². The van der Waals surface area contributed by atoms with Crippen molar-refractivity contribution in [3.05, 3.63) is 82.1 Å². The van der Waals surface area contributed by atoms with Crippen LogP contribution in [0.2, 0.25) is 0 Å². The zero-order chi connectivity index (χ0) is 20.3. The molecule has 2 aromatic heterocycles. The molecule has 1 saturated heterocycles. The molecule has 1 amide bonds. The molecule has 31 heavy (non-hydrogen) atoms. The Balaban J connectivity index is 0.00000171. The zero-order valence-corrected chi connectivity index (χ0v) is 19.9. The fourth-order valence-electron chi connectivity index (χ4n) is 4.24. The monoisotopic (exact) mass is 478 g/mol. The molecule has 1 aliphatic rings. The number of carbonyl (C=O) groups is 1. The van der Waals surface area contributed by atoms with Gasteiger partial charge in [-0.15, -0.1) is 36.2 Å². The summed E-state index contributed by atoms with van der Waals surface area (Å²) in [6.07, 6.45) is 5.71. The SMILES string of the molecule is Cc1nc(C2(c3ccccc3)CCN(C(=O)[C@H](N)Cc3ccncc3)CC2)cs1.Cl.Cl. The second kappa shape index (κ2) is 11.0. The third-order valence-corrected chi connectivity index (χ3v) is 6.66. The number of aromatic nitrogens is 2. The van der Waals surface area contributed by atoms with Crippen molar-refractivity contribution >= 4 is 42.1 Å². The Labute approximate surface area is 199 Å². The number of halogens is 2. The van der Waals surface area contributed by atoms with Gasteiger partial charge in [-0.05, 0) is 49.4 Å². The highest BCUT2D eigenvalue weighted by atomic mass is 35.5. The number of amides is 1. The van der Waals surface area contributed by atoms with Crippen LogP contribution in [-0.4, -0.2) is 39.9 Å².